The van der Waals surface area contributed by atoms with Crippen molar-refractivity contribution in [3.8, 4) is 0 Å². The van der Waals surface area contributed by atoms with Crippen LogP contribution in [-0.4, -0.2) is 19.0 Å². The fourth-order valence-electron chi connectivity index (χ4n) is 2.48. The predicted octanol–water partition coefficient (Wildman–Crippen LogP) is 2.76. The molecule has 1 aliphatic rings. The maximum Gasteiger partial charge on any atom is 0.221 e. The second kappa shape index (κ2) is 7.27. The van der Waals surface area contributed by atoms with Crippen molar-refractivity contribution >= 4 is 34.2 Å². The van der Waals surface area contributed by atoms with E-state index in [1.165, 1.54) is 12.0 Å². The molecule has 1 fully saturated rings. The van der Waals surface area contributed by atoms with E-state index >= 15 is 0 Å². The van der Waals surface area contributed by atoms with E-state index in [1.807, 2.05) is 6.07 Å². The molecule has 1 aromatic carbocycles. The van der Waals surface area contributed by atoms with Crippen LogP contribution in [0.4, 0.5) is 0 Å². The van der Waals surface area contributed by atoms with Crippen molar-refractivity contribution in [1.29, 1.82) is 0 Å². The second-order valence-electron chi connectivity index (χ2n) is 4.96. The Bertz CT molecular complexity index is 435. The number of hydrogen-bond donors (Lipinski definition) is 2. The van der Waals surface area contributed by atoms with Gasteiger partial charge in [-0.15, -0.1) is 12.4 Å². The average molecular weight is 348 g/mol. The van der Waals surface area contributed by atoms with Crippen LogP contribution in [0.25, 0.3) is 0 Å². The Morgan fingerprint density at radius 3 is 2.68 bits per heavy atom. The van der Waals surface area contributed by atoms with Gasteiger partial charge in [0.25, 0.3) is 0 Å². The van der Waals surface area contributed by atoms with Crippen molar-refractivity contribution in [2.24, 2.45) is 5.73 Å². The zero-order valence-electron chi connectivity index (χ0n) is 10.8. The summed E-state index contributed by atoms with van der Waals surface area (Å²) in [4.78, 5) is 11.5. The Balaban J connectivity index is 0.00000180. The summed E-state index contributed by atoms with van der Waals surface area (Å²) in [5, 5.41) is 3.01. The molecular weight excluding hydrogens is 328 g/mol. The van der Waals surface area contributed by atoms with Crippen LogP contribution < -0.4 is 11.1 Å². The lowest BCUT2D eigenvalue weighted by molar-refractivity contribution is -0.121. The van der Waals surface area contributed by atoms with E-state index in [9.17, 15) is 4.79 Å². The summed E-state index contributed by atoms with van der Waals surface area (Å²) >= 11 is 3.51. The first-order valence-corrected chi connectivity index (χ1v) is 7.18. The molecule has 0 spiro atoms. The van der Waals surface area contributed by atoms with Crippen molar-refractivity contribution in [3.63, 3.8) is 0 Å². The number of carbonyl (C=O) groups excluding carboxylic acids is 1. The molecule has 1 aliphatic carbocycles. The van der Waals surface area contributed by atoms with Gasteiger partial charge in [-0.05, 0) is 30.5 Å². The Morgan fingerprint density at radius 2 is 2.16 bits per heavy atom. The van der Waals surface area contributed by atoms with E-state index < -0.39 is 0 Å². The van der Waals surface area contributed by atoms with Crippen LogP contribution >= 0.6 is 28.3 Å². The third kappa shape index (κ3) is 3.94. The van der Waals surface area contributed by atoms with Crippen molar-refractivity contribution in [3.05, 3.63) is 34.3 Å². The van der Waals surface area contributed by atoms with Crippen molar-refractivity contribution in [2.75, 3.05) is 13.1 Å². The molecule has 0 heterocycles. The summed E-state index contributed by atoms with van der Waals surface area (Å²) in [5.74, 6) is 0.0544. The largest absolute Gasteiger partial charge is 0.355 e. The zero-order chi connectivity index (χ0) is 13.0. The van der Waals surface area contributed by atoms with Crippen LogP contribution in [0, 0.1) is 0 Å². The normalized spacial score (nSPS) is 16.1. The molecule has 1 aromatic rings. The highest BCUT2D eigenvalue weighted by Crippen LogP contribution is 2.43. The third-order valence-corrected chi connectivity index (χ3v) is 4.24. The van der Waals surface area contributed by atoms with Crippen LogP contribution in [0.15, 0.2) is 28.7 Å². The Morgan fingerprint density at radius 1 is 1.42 bits per heavy atom. The minimum atomic E-state index is 0. The number of carbonyl (C=O) groups is 1. The van der Waals surface area contributed by atoms with Gasteiger partial charge in [-0.1, -0.05) is 34.5 Å². The van der Waals surface area contributed by atoms with E-state index in [-0.39, 0.29) is 23.7 Å². The monoisotopic (exact) mass is 346 g/mol. The molecule has 106 valence electrons. The van der Waals surface area contributed by atoms with Crippen LogP contribution in [0.5, 0.6) is 0 Å². The Hall–Kier alpha value is -0.580. The van der Waals surface area contributed by atoms with Gasteiger partial charge < -0.3 is 11.1 Å². The molecule has 0 radical (unpaired) electrons. The lowest BCUT2D eigenvalue weighted by atomic mass is 9.64. The smallest absolute Gasteiger partial charge is 0.221 e. The fraction of sp³-hybridized carbons (Fsp3) is 0.500. The molecule has 0 bridgehead atoms. The van der Waals surface area contributed by atoms with E-state index in [1.54, 1.807) is 0 Å². The summed E-state index contributed by atoms with van der Waals surface area (Å²) in [5.41, 5.74) is 6.83. The number of hydrogen-bond acceptors (Lipinski definition) is 2. The minimum Gasteiger partial charge on any atom is -0.355 e. The van der Waals surface area contributed by atoms with Gasteiger partial charge in [0.05, 0.1) is 0 Å². The first kappa shape index (κ1) is 16.5. The topological polar surface area (TPSA) is 55.1 Å². The first-order valence-electron chi connectivity index (χ1n) is 6.39. The lowest BCUT2D eigenvalue weighted by Crippen LogP contribution is -2.45. The number of halogens is 2. The van der Waals surface area contributed by atoms with Crippen molar-refractivity contribution < 1.29 is 4.79 Å². The van der Waals surface area contributed by atoms with Gasteiger partial charge in [-0.3, -0.25) is 4.79 Å². The molecule has 2 rings (SSSR count). The highest BCUT2D eigenvalue weighted by atomic mass is 79.9. The van der Waals surface area contributed by atoms with Crippen LogP contribution in [0.2, 0.25) is 0 Å². The van der Waals surface area contributed by atoms with Gasteiger partial charge in [-0.2, -0.15) is 0 Å². The Labute approximate surface area is 128 Å². The molecule has 19 heavy (non-hydrogen) atoms. The highest BCUT2D eigenvalue weighted by Gasteiger charge is 2.38. The predicted molar refractivity (Wildman–Crippen MR) is 83.6 cm³/mol. The summed E-state index contributed by atoms with van der Waals surface area (Å²) in [7, 11) is 0. The van der Waals surface area contributed by atoms with Gasteiger partial charge in [0.15, 0.2) is 0 Å². The molecule has 0 atom stereocenters. The van der Waals surface area contributed by atoms with Gasteiger partial charge in [-0.25, -0.2) is 0 Å². The summed E-state index contributed by atoms with van der Waals surface area (Å²) in [6.07, 6.45) is 3.94. The van der Waals surface area contributed by atoms with E-state index in [2.05, 4.69) is 39.4 Å². The second-order valence-corrected chi connectivity index (χ2v) is 5.88. The van der Waals surface area contributed by atoms with E-state index in [0.29, 0.717) is 13.0 Å². The molecule has 0 aromatic heterocycles. The molecule has 5 heteroatoms. The standard InChI is InChI=1S/C14H19BrN2O.ClH/c15-12-4-1-3-11(9-12)14(6-2-7-14)10-17-13(18)5-8-16;/h1,3-4,9H,2,5-8,10,16H2,(H,17,18);1H. The lowest BCUT2D eigenvalue weighted by Gasteiger charge is -2.42. The Kier molecular flexibility index (Phi) is 6.30. The summed E-state index contributed by atoms with van der Waals surface area (Å²) in [6, 6.07) is 8.40. The number of nitrogens with one attached hydrogen (secondary N) is 1. The zero-order valence-corrected chi connectivity index (χ0v) is 13.2. The highest BCUT2D eigenvalue weighted by molar-refractivity contribution is 9.10. The van der Waals surface area contributed by atoms with Crippen LogP contribution in [-0.2, 0) is 10.2 Å². The number of rotatable bonds is 5. The molecule has 1 amide bonds. The third-order valence-electron chi connectivity index (χ3n) is 3.74. The van der Waals surface area contributed by atoms with Gasteiger partial charge in [0.2, 0.25) is 5.91 Å². The maximum absolute atomic E-state index is 11.5. The molecule has 0 saturated heterocycles. The van der Waals surface area contributed by atoms with Gasteiger partial charge in [0.1, 0.15) is 0 Å². The van der Waals surface area contributed by atoms with Crippen LogP contribution in [0.3, 0.4) is 0 Å². The molecule has 1 saturated carbocycles. The van der Waals surface area contributed by atoms with Crippen LogP contribution in [0.1, 0.15) is 31.2 Å². The quantitative estimate of drug-likeness (QED) is 0.860. The number of nitrogens with two attached hydrogens (primary N) is 1. The average Bonchev–Trinajstić information content (AvgIpc) is 2.28. The number of benzene rings is 1. The summed E-state index contributed by atoms with van der Waals surface area (Å²) in [6.45, 7) is 1.14. The molecule has 0 unspecified atom stereocenters. The first-order chi connectivity index (χ1) is 8.66. The van der Waals surface area contributed by atoms with Gasteiger partial charge in [0, 0.05) is 29.4 Å². The minimum absolute atomic E-state index is 0. The summed E-state index contributed by atoms with van der Waals surface area (Å²) < 4.78 is 1.10. The molecule has 3 nitrogen and oxygen atoms in total. The SMILES string of the molecule is Cl.NCCC(=O)NCC1(c2cccc(Br)c2)CCC1. The van der Waals surface area contributed by atoms with Crippen molar-refractivity contribution in [1.82, 2.24) is 5.32 Å². The van der Waals surface area contributed by atoms with Gasteiger partial charge >= 0.3 is 0 Å². The molecule has 0 aliphatic heterocycles. The number of amides is 1. The molecular formula is C14H20BrClN2O. The molecule has 3 N–H and O–H groups in total. The van der Waals surface area contributed by atoms with Crippen molar-refractivity contribution in [2.45, 2.75) is 31.1 Å². The van der Waals surface area contributed by atoms with E-state index in [4.69, 9.17) is 5.73 Å². The fourth-order valence-corrected chi connectivity index (χ4v) is 2.88. The van der Waals surface area contributed by atoms with E-state index in [0.717, 1.165) is 23.9 Å². The maximum atomic E-state index is 11.5.